The Morgan fingerprint density at radius 2 is 1.27 bits per heavy atom. The van der Waals surface area contributed by atoms with Crippen LogP contribution in [0.1, 0.15) is 72.6 Å². The fourth-order valence-corrected chi connectivity index (χ4v) is 5.44. The Hall–Kier alpha value is -5.09. The standard InChI is InChI=1S/C33H60N12O10/c1-17(34)25(47)42-22(11-8-14-38-33(35)36)27(49)43-21(10-6-7-13-37-5)28(50)44-23(16-46)29(51)40-19(3)31(53)45-15-9-12-24(45)30(52)39-18(2)26(48)41-20(4)32(54)55/h17-24,37,46H,6-16,34H2,1-5H3,(H,39,52)(H,40,51)(H,41,48)(H,42,47)(H,43,49)(H,44,50)(H,54,55)(H4,35,36,38)/t17-,18-,19-,20-,21-,22-,23-,24-/m0/s1. The molecule has 0 unspecified atom stereocenters. The highest BCUT2D eigenvalue weighted by Gasteiger charge is 2.38. The first-order valence-corrected chi connectivity index (χ1v) is 18.3. The molecule has 0 spiro atoms. The van der Waals surface area contributed by atoms with E-state index in [9.17, 15) is 43.5 Å². The van der Waals surface area contributed by atoms with Crippen molar-refractivity contribution in [2.24, 2.45) is 22.2 Å². The Bertz CT molecular complexity index is 1380. The fourth-order valence-electron chi connectivity index (χ4n) is 5.44. The van der Waals surface area contributed by atoms with E-state index in [0.29, 0.717) is 32.2 Å². The first-order chi connectivity index (χ1) is 25.8. The van der Waals surface area contributed by atoms with Gasteiger partial charge < -0.3 is 69.5 Å². The van der Waals surface area contributed by atoms with Gasteiger partial charge in [-0.2, -0.15) is 0 Å². The smallest absolute Gasteiger partial charge is 0.325 e. The lowest BCUT2D eigenvalue weighted by atomic mass is 10.1. The fraction of sp³-hybridized carbons (Fsp3) is 0.727. The molecular weight excluding hydrogens is 724 g/mol. The van der Waals surface area contributed by atoms with Gasteiger partial charge in [0.25, 0.3) is 0 Å². The zero-order valence-corrected chi connectivity index (χ0v) is 32.2. The van der Waals surface area contributed by atoms with Crippen LogP contribution in [0.5, 0.6) is 0 Å². The van der Waals surface area contributed by atoms with E-state index in [2.05, 4.69) is 42.2 Å². The first-order valence-electron chi connectivity index (χ1n) is 18.3. The number of nitrogens with zero attached hydrogens (tertiary/aromatic N) is 2. The largest absolute Gasteiger partial charge is 0.480 e. The number of rotatable bonds is 24. The molecule has 1 fully saturated rings. The number of aliphatic imine (C=N–C) groups is 1. The summed E-state index contributed by atoms with van der Waals surface area (Å²) >= 11 is 0. The summed E-state index contributed by atoms with van der Waals surface area (Å²) in [6.07, 6.45) is 2.35. The molecule has 1 heterocycles. The number of hydrogen-bond donors (Lipinski definition) is 12. The third-order valence-electron chi connectivity index (χ3n) is 8.66. The Morgan fingerprint density at radius 1 is 0.727 bits per heavy atom. The highest BCUT2D eigenvalue weighted by Crippen LogP contribution is 2.19. The van der Waals surface area contributed by atoms with Crippen LogP contribution in [-0.2, 0) is 38.4 Å². The van der Waals surface area contributed by atoms with Crippen LogP contribution < -0.4 is 54.4 Å². The van der Waals surface area contributed by atoms with Gasteiger partial charge in [-0.25, -0.2) is 0 Å². The highest BCUT2D eigenvalue weighted by molar-refractivity contribution is 5.97. The van der Waals surface area contributed by atoms with Crippen LogP contribution in [0.25, 0.3) is 0 Å². The lowest BCUT2D eigenvalue weighted by Crippen LogP contribution is -2.60. The van der Waals surface area contributed by atoms with E-state index in [0.717, 1.165) is 0 Å². The Morgan fingerprint density at radius 3 is 1.82 bits per heavy atom. The molecule has 312 valence electrons. The average Bonchev–Trinajstić information content (AvgIpc) is 3.62. The summed E-state index contributed by atoms with van der Waals surface area (Å²) in [6, 6.07) is -9.27. The first kappa shape index (κ1) is 47.9. The predicted octanol–water partition coefficient (Wildman–Crippen LogP) is -5.19. The highest BCUT2D eigenvalue weighted by atomic mass is 16.4. The van der Waals surface area contributed by atoms with E-state index in [1.54, 1.807) is 7.05 Å². The molecule has 1 rings (SSSR count). The number of amides is 7. The number of aliphatic hydroxyl groups excluding tert-OH is 1. The zero-order valence-electron chi connectivity index (χ0n) is 32.2. The summed E-state index contributed by atoms with van der Waals surface area (Å²) in [5.74, 6) is -6.46. The molecule has 1 aliphatic heterocycles. The number of carbonyl (C=O) groups is 8. The molecule has 1 aliphatic rings. The van der Waals surface area contributed by atoms with Gasteiger partial charge in [-0.3, -0.25) is 43.3 Å². The summed E-state index contributed by atoms with van der Waals surface area (Å²) < 4.78 is 0. The van der Waals surface area contributed by atoms with Crippen LogP contribution in [0, 0.1) is 0 Å². The number of likely N-dealkylation sites (tertiary alicyclic amines) is 1. The van der Waals surface area contributed by atoms with Gasteiger partial charge in [0, 0.05) is 13.1 Å². The minimum absolute atomic E-state index is 0.0999. The van der Waals surface area contributed by atoms with Crippen LogP contribution in [-0.4, -0.2) is 150 Å². The molecule has 0 bridgehead atoms. The molecule has 0 aromatic heterocycles. The normalized spacial score (nSPS) is 17.5. The molecule has 0 aliphatic carbocycles. The SMILES string of the molecule is CNCCCC[C@H](NC(=O)[C@H](CCCN=C(N)N)NC(=O)[C@H](C)N)C(=O)N[C@@H](CO)C(=O)N[C@@H](C)C(=O)N1CCC[C@H]1C(=O)N[C@@H](C)C(=O)N[C@@H](C)C(=O)O. The molecular formula is C33H60N12O10. The van der Waals surface area contributed by atoms with E-state index in [4.69, 9.17) is 22.3 Å². The van der Waals surface area contributed by atoms with Crippen molar-refractivity contribution < 1.29 is 48.6 Å². The van der Waals surface area contributed by atoms with Crippen LogP contribution in [0.2, 0.25) is 0 Å². The van der Waals surface area contributed by atoms with Gasteiger partial charge >= 0.3 is 5.97 Å². The van der Waals surface area contributed by atoms with Gasteiger partial charge in [-0.05, 0) is 86.2 Å². The number of unbranched alkanes of at least 4 members (excludes halogenated alkanes) is 1. The molecule has 55 heavy (non-hydrogen) atoms. The number of guanidine groups is 1. The number of carboxylic acid groups (broad SMARTS) is 1. The predicted molar refractivity (Wildman–Crippen MR) is 199 cm³/mol. The van der Waals surface area contributed by atoms with Crippen molar-refractivity contribution in [3.05, 3.63) is 0 Å². The molecule has 22 heteroatoms. The minimum atomic E-state index is -1.54. The van der Waals surface area contributed by atoms with Crippen molar-refractivity contribution in [2.45, 2.75) is 121 Å². The number of nitrogens with one attached hydrogen (secondary N) is 7. The monoisotopic (exact) mass is 784 g/mol. The second-order valence-corrected chi connectivity index (χ2v) is 13.4. The van der Waals surface area contributed by atoms with Gasteiger partial charge in [-0.15, -0.1) is 0 Å². The van der Waals surface area contributed by atoms with E-state index in [-0.39, 0.29) is 38.3 Å². The third kappa shape index (κ3) is 16.9. The summed E-state index contributed by atoms with van der Waals surface area (Å²) in [5.41, 5.74) is 16.4. The molecule has 7 amide bonds. The minimum Gasteiger partial charge on any atom is -0.480 e. The summed E-state index contributed by atoms with van der Waals surface area (Å²) in [6.45, 7) is 5.52. The van der Waals surface area contributed by atoms with Crippen molar-refractivity contribution in [1.82, 2.24) is 42.1 Å². The van der Waals surface area contributed by atoms with E-state index < -0.39 is 102 Å². The Kier molecular flexibility index (Phi) is 21.2. The van der Waals surface area contributed by atoms with Gasteiger partial charge in [0.05, 0.1) is 12.6 Å². The number of hydrogen-bond acceptors (Lipinski definition) is 12. The maximum Gasteiger partial charge on any atom is 0.325 e. The number of nitrogens with two attached hydrogens (primary N) is 3. The van der Waals surface area contributed by atoms with E-state index in [1.165, 1.54) is 32.6 Å². The summed E-state index contributed by atoms with van der Waals surface area (Å²) in [4.78, 5) is 108. The number of aliphatic carboxylic acids is 1. The molecule has 0 aromatic carbocycles. The average molecular weight is 785 g/mol. The van der Waals surface area contributed by atoms with E-state index >= 15 is 0 Å². The number of carboxylic acids is 1. The van der Waals surface area contributed by atoms with E-state index in [1.807, 2.05) is 0 Å². The van der Waals surface area contributed by atoms with Crippen molar-refractivity contribution in [3.8, 4) is 0 Å². The third-order valence-corrected chi connectivity index (χ3v) is 8.66. The summed E-state index contributed by atoms with van der Waals surface area (Å²) in [7, 11) is 1.75. The van der Waals surface area contributed by atoms with Crippen molar-refractivity contribution in [2.75, 3.05) is 33.3 Å². The zero-order chi connectivity index (χ0) is 41.8. The molecule has 0 radical (unpaired) electrons. The number of carbonyl (C=O) groups excluding carboxylic acids is 7. The molecule has 0 saturated carbocycles. The molecule has 0 aromatic rings. The molecule has 22 nitrogen and oxygen atoms in total. The van der Waals surface area contributed by atoms with Gasteiger partial charge in [0.15, 0.2) is 5.96 Å². The van der Waals surface area contributed by atoms with Crippen molar-refractivity contribution in [1.29, 1.82) is 0 Å². The maximum absolute atomic E-state index is 13.5. The molecule has 8 atom stereocenters. The summed E-state index contributed by atoms with van der Waals surface area (Å²) in [5, 5.41) is 36.9. The van der Waals surface area contributed by atoms with Gasteiger partial charge in [0.2, 0.25) is 41.4 Å². The van der Waals surface area contributed by atoms with Crippen molar-refractivity contribution >= 4 is 53.3 Å². The van der Waals surface area contributed by atoms with Crippen LogP contribution in [0.3, 0.4) is 0 Å². The lowest BCUT2D eigenvalue weighted by Gasteiger charge is -2.29. The lowest BCUT2D eigenvalue weighted by molar-refractivity contribution is -0.143. The second-order valence-electron chi connectivity index (χ2n) is 13.4. The van der Waals surface area contributed by atoms with Crippen LogP contribution in [0.4, 0.5) is 0 Å². The van der Waals surface area contributed by atoms with Gasteiger partial charge in [-0.1, -0.05) is 0 Å². The second kappa shape index (κ2) is 24.3. The molecule has 1 saturated heterocycles. The number of aliphatic hydroxyl groups is 1. The van der Waals surface area contributed by atoms with Gasteiger partial charge in [0.1, 0.15) is 42.3 Å². The van der Waals surface area contributed by atoms with Crippen LogP contribution >= 0.6 is 0 Å². The topological polar surface area (TPSA) is 355 Å². The maximum atomic E-state index is 13.5. The van der Waals surface area contributed by atoms with Crippen molar-refractivity contribution in [3.63, 3.8) is 0 Å². The molecule has 15 N–H and O–H groups in total. The Labute approximate surface area is 320 Å². The Balaban J connectivity index is 3.02. The van der Waals surface area contributed by atoms with Crippen LogP contribution in [0.15, 0.2) is 4.99 Å². The quantitative estimate of drug-likeness (QED) is 0.0247.